The van der Waals surface area contributed by atoms with E-state index in [0.29, 0.717) is 25.3 Å². The van der Waals surface area contributed by atoms with Gasteiger partial charge in [0.2, 0.25) is 11.8 Å². The number of carbonyl (C=O) groups excluding carboxylic acids is 3. The third kappa shape index (κ3) is 8.52. The van der Waals surface area contributed by atoms with Crippen molar-refractivity contribution in [3.8, 4) is 0 Å². The van der Waals surface area contributed by atoms with Crippen LogP contribution in [-0.4, -0.2) is 82.9 Å². The van der Waals surface area contributed by atoms with Crippen LogP contribution < -0.4 is 10.6 Å². The second-order valence-electron chi connectivity index (χ2n) is 10.1. The van der Waals surface area contributed by atoms with Crippen molar-refractivity contribution in [1.82, 2.24) is 30.5 Å². The van der Waals surface area contributed by atoms with E-state index in [4.69, 9.17) is 14.2 Å². The van der Waals surface area contributed by atoms with Crippen molar-refractivity contribution in [2.24, 2.45) is 0 Å². The number of ether oxygens (including phenoxy) is 3. The summed E-state index contributed by atoms with van der Waals surface area (Å²) < 4.78 is 18.3. The molecule has 1 aromatic carbocycles. The molecule has 2 heterocycles. The van der Waals surface area contributed by atoms with Gasteiger partial charge in [-0.25, -0.2) is 9.48 Å². The number of methoxy groups -OCH3 is 1. The molecule has 1 saturated heterocycles. The molecule has 1 aliphatic heterocycles. The Balaban J connectivity index is 1.65. The molecule has 0 saturated carbocycles. The molecule has 0 spiro atoms. The Morgan fingerprint density at radius 3 is 2.58 bits per heavy atom. The zero-order valence-corrected chi connectivity index (χ0v) is 22.7. The summed E-state index contributed by atoms with van der Waals surface area (Å²) >= 11 is 0. The van der Waals surface area contributed by atoms with Gasteiger partial charge >= 0.3 is 6.09 Å². The second kappa shape index (κ2) is 13.3. The molecule has 0 radical (unpaired) electrons. The quantitative estimate of drug-likeness (QED) is 0.445. The number of hydrogen-bond donors (Lipinski definition) is 2. The summed E-state index contributed by atoms with van der Waals surface area (Å²) in [6.45, 7) is 7.05. The molecule has 2 N–H and O–H groups in total. The van der Waals surface area contributed by atoms with Crippen LogP contribution in [0, 0.1) is 0 Å². The molecule has 208 valence electrons. The van der Waals surface area contributed by atoms with Gasteiger partial charge in [0.1, 0.15) is 17.3 Å². The number of amides is 3. The maximum absolute atomic E-state index is 13.3. The largest absolute Gasteiger partial charge is 0.444 e. The number of likely N-dealkylation sites (N-methyl/N-ethyl adjacent to an activating group) is 1. The smallest absolute Gasteiger partial charge is 0.411 e. The third-order valence-electron chi connectivity index (χ3n) is 5.97. The fourth-order valence-electron chi connectivity index (χ4n) is 4.05. The van der Waals surface area contributed by atoms with E-state index in [-0.39, 0.29) is 44.0 Å². The highest BCUT2D eigenvalue weighted by molar-refractivity contribution is 5.86. The predicted octanol–water partition coefficient (Wildman–Crippen LogP) is 1.42. The van der Waals surface area contributed by atoms with Gasteiger partial charge in [0.05, 0.1) is 45.0 Å². The first kappa shape index (κ1) is 29.1. The van der Waals surface area contributed by atoms with Gasteiger partial charge < -0.3 is 24.8 Å². The molecule has 12 heteroatoms. The number of aromatic nitrogens is 3. The summed E-state index contributed by atoms with van der Waals surface area (Å²) in [5.41, 5.74) is 1.58. The number of rotatable bonds is 11. The monoisotopic (exact) mass is 530 g/mol. The fraction of sp³-hybridized carbons (Fsp3) is 0.577. The standard InChI is InChI=1S/C26H38N6O6/c1-26(2,3)38-25(35)32-16-21(37-17-20-15-31(30-29-20)10-11-36-5)13-22(32)24(34)28-14-19-9-7-6-8-18(19)12-23(33)27-4/h6-9,15,21-22H,10-14,16-17H2,1-5H3,(H,27,33)(H,28,34)/t21-,22+/m1/s1. The van der Waals surface area contributed by atoms with Crippen molar-refractivity contribution >= 4 is 17.9 Å². The van der Waals surface area contributed by atoms with Crippen LogP contribution in [0.1, 0.15) is 44.0 Å². The number of carbonyl (C=O) groups is 3. The summed E-state index contributed by atoms with van der Waals surface area (Å²) in [5.74, 6) is -0.434. The lowest BCUT2D eigenvalue weighted by Crippen LogP contribution is -2.47. The normalized spacial score (nSPS) is 17.3. The van der Waals surface area contributed by atoms with Crippen LogP contribution in [0.4, 0.5) is 4.79 Å². The Morgan fingerprint density at radius 1 is 1.16 bits per heavy atom. The highest BCUT2D eigenvalue weighted by atomic mass is 16.6. The van der Waals surface area contributed by atoms with Crippen LogP contribution in [-0.2, 0) is 49.9 Å². The van der Waals surface area contributed by atoms with E-state index in [2.05, 4.69) is 20.9 Å². The van der Waals surface area contributed by atoms with Gasteiger partial charge in [-0.2, -0.15) is 0 Å². The van der Waals surface area contributed by atoms with Gasteiger partial charge in [0.15, 0.2) is 0 Å². The minimum absolute atomic E-state index is 0.116. The molecule has 3 rings (SSSR count). The van der Waals surface area contributed by atoms with Gasteiger partial charge in [-0.3, -0.25) is 14.5 Å². The molecule has 0 unspecified atom stereocenters. The molecule has 1 aliphatic rings. The number of likely N-dealkylation sites (tertiary alicyclic amines) is 1. The van der Waals surface area contributed by atoms with Crippen molar-refractivity contribution in [3.63, 3.8) is 0 Å². The van der Waals surface area contributed by atoms with Gasteiger partial charge in [-0.15, -0.1) is 5.10 Å². The van der Waals surface area contributed by atoms with Gasteiger partial charge in [-0.05, 0) is 31.9 Å². The van der Waals surface area contributed by atoms with Crippen LogP contribution in [0.2, 0.25) is 0 Å². The molecule has 38 heavy (non-hydrogen) atoms. The van der Waals surface area contributed by atoms with E-state index >= 15 is 0 Å². The molecule has 1 aromatic heterocycles. The number of hydrogen-bond acceptors (Lipinski definition) is 8. The Bertz CT molecular complexity index is 1100. The van der Waals surface area contributed by atoms with E-state index < -0.39 is 17.7 Å². The summed E-state index contributed by atoms with van der Waals surface area (Å²) in [6, 6.07) is 6.66. The molecule has 2 atom stereocenters. The molecule has 2 aromatic rings. The molecule has 3 amide bonds. The summed E-state index contributed by atoms with van der Waals surface area (Å²) in [5, 5.41) is 13.7. The first-order chi connectivity index (χ1) is 18.1. The van der Waals surface area contributed by atoms with Gasteiger partial charge in [-0.1, -0.05) is 29.5 Å². The topological polar surface area (TPSA) is 137 Å². The average molecular weight is 531 g/mol. The van der Waals surface area contributed by atoms with Gasteiger partial charge in [0.25, 0.3) is 0 Å². The van der Waals surface area contributed by atoms with Crippen molar-refractivity contribution in [1.29, 1.82) is 0 Å². The van der Waals surface area contributed by atoms with Crippen molar-refractivity contribution in [2.45, 2.75) is 71.1 Å². The number of nitrogens with one attached hydrogen (secondary N) is 2. The molecule has 0 aliphatic carbocycles. The first-order valence-corrected chi connectivity index (χ1v) is 12.6. The first-order valence-electron chi connectivity index (χ1n) is 12.6. The van der Waals surface area contributed by atoms with E-state index in [0.717, 1.165) is 11.1 Å². The lowest BCUT2D eigenvalue weighted by Gasteiger charge is -2.28. The molecule has 0 bridgehead atoms. The van der Waals surface area contributed by atoms with Crippen LogP contribution >= 0.6 is 0 Å². The highest BCUT2D eigenvalue weighted by Crippen LogP contribution is 2.24. The van der Waals surface area contributed by atoms with E-state index in [9.17, 15) is 14.4 Å². The van der Waals surface area contributed by atoms with E-state index in [1.54, 1.807) is 45.8 Å². The maximum atomic E-state index is 13.3. The Hall–Kier alpha value is -3.51. The van der Waals surface area contributed by atoms with Crippen LogP contribution in [0.25, 0.3) is 0 Å². The third-order valence-corrected chi connectivity index (χ3v) is 5.97. The molecular formula is C26H38N6O6. The lowest BCUT2D eigenvalue weighted by atomic mass is 10.0. The Kier molecular flexibility index (Phi) is 10.2. The zero-order chi connectivity index (χ0) is 27.7. The maximum Gasteiger partial charge on any atom is 0.411 e. The SMILES string of the molecule is CNC(=O)Cc1ccccc1CNC(=O)[C@@H]1C[C@@H](OCc2cn(CCOC)nn2)CN1C(=O)OC(C)(C)C. The lowest BCUT2D eigenvalue weighted by molar-refractivity contribution is -0.125. The second-order valence-corrected chi connectivity index (χ2v) is 10.1. The number of nitrogens with zero attached hydrogens (tertiary/aromatic N) is 4. The molecule has 1 fully saturated rings. The minimum atomic E-state index is -0.765. The Morgan fingerprint density at radius 2 is 1.89 bits per heavy atom. The minimum Gasteiger partial charge on any atom is -0.444 e. The number of benzene rings is 1. The van der Waals surface area contributed by atoms with Crippen molar-refractivity contribution in [2.75, 3.05) is 27.3 Å². The van der Waals surface area contributed by atoms with Crippen LogP contribution in [0.15, 0.2) is 30.5 Å². The van der Waals surface area contributed by atoms with Crippen molar-refractivity contribution < 1.29 is 28.6 Å². The highest BCUT2D eigenvalue weighted by Gasteiger charge is 2.42. The zero-order valence-electron chi connectivity index (χ0n) is 22.7. The summed E-state index contributed by atoms with van der Waals surface area (Å²) in [6.07, 6.45) is 1.34. The van der Waals surface area contributed by atoms with Crippen LogP contribution in [0.5, 0.6) is 0 Å². The average Bonchev–Trinajstić information content (AvgIpc) is 3.51. The van der Waals surface area contributed by atoms with Crippen LogP contribution in [0.3, 0.4) is 0 Å². The summed E-state index contributed by atoms with van der Waals surface area (Å²) in [7, 11) is 3.20. The molecule has 12 nitrogen and oxygen atoms in total. The van der Waals surface area contributed by atoms with Gasteiger partial charge in [0, 0.05) is 27.1 Å². The predicted molar refractivity (Wildman–Crippen MR) is 138 cm³/mol. The fourth-order valence-corrected chi connectivity index (χ4v) is 4.05. The van der Waals surface area contributed by atoms with E-state index in [1.165, 1.54) is 4.90 Å². The molecular weight excluding hydrogens is 492 g/mol. The summed E-state index contributed by atoms with van der Waals surface area (Å²) in [4.78, 5) is 39.5. The van der Waals surface area contributed by atoms with Crippen molar-refractivity contribution in [3.05, 3.63) is 47.3 Å². The Labute approximate surface area is 223 Å². The van der Waals surface area contributed by atoms with E-state index in [1.807, 2.05) is 24.3 Å².